The van der Waals surface area contributed by atoms with E-state index in [1.807, 2.05) is 6.92 Å². The summed E-state index contributed by atoms with van der Waals surface area (Å²) in [5.41, 5.74) is 0. The molecule has 112 valence electrons. The molecule has 6 nitrogen and oxygen atoms in total. The molecular formula is C14H15ClN2O4. The fourth-order valence-electron chi connectivity index (χ4n) is 1.80. The Labute approximate surface area is 126 Å². The van der Waals surface area contributed by atoms with Gasteiger partial charge in [0.1, 0.15) is 5.75 Å². The van der Waals surface area contributed by atoms with Gasteiger partial charge in [-0.2, -0.15) is 0 Å². The molecule has 0 spiro atoms. The van der Waals surface area contributed by atoms with Crippen molar-refractivity contribution in [2.24, 2.45) is 5.92 Å². The van der Waals surface area contributed by atoms with E-state index >= 15 is 0 Å². The predicted molar refractivity (Wildman–Crippen MR) is 75.2 cm³/mol. The van der Waals surface area contributed by atoms with Gasteiger partial charge in [-0.15, -0.1) is 10.2 Å². The van der Waals surface area contributed by atoms with Crippen molar-refractivity contribution in [1.29, 1.82) is 0 Å². The summed E-state index contributed by atoms with van der Waals surface area (Å²) in [5, 5.41) is 17.0. The van der Waals surface area contributed by atoms with Crippen LogP contribution in [0.15, 0.2) is 28.7 Å². The van der Waals surface area contributed by atoms with Gasteiger partial charge in [0.05, 0.1) is 0 Å². The molecule has 0 aliphatic heterocycles. The van der Waals surface area contributed by atoms with Gasteiger partial charge in [0.2, 0.25) is 5.89 Å². The molecule has 0 saturated heterocycles. The van der Waals surface area contributed by atoms with E-state index in [9.17, 15) is 4.79 Å². The van der Waals surface area contributed by atoms with Crippen molar-refractivity contribution in [3.63, 3.8) is 0 Å². The highest BCUT2D eigenvalue weighted by molar-refractivity contribution is 6.30. The number of carboxylic acid groups (broad SMARTS) is 1. The van der Waals surface area contributed by atoms with E-state index in [1.54, 1.807) is 24.3 Å². The van der Waals surface area contributed by atoms with E-state index in [-0.39, 0.29) is 18.9 Å². The minimum Gasteiger partial charge on any atom is -0.484 e. The minimum atomic E-state index is -0.841. The number of aromatic nitrogens is 2. The number of rotatable bonds is 7. The monoisotopic (exact) mass is 310 g/mol. The largest absolute Gasteiger partial charge is 0.484 e. The second kappa shape index (κ2) is 7.08. The highest BCUT2D eigenvalue weighted by Gasteiger charge is 2.13. The Kier molecular flexibility index (Phi) is 5.16. The van der Waals surface area contributed by atoms with Crippen molar-refractivity contribution in [2.75, 3.05) is 0 Å². The third-order valence-electron chi connectivity index (χ3n) is 2.71. The molecule has 1 unspecified atom stereocenters. The summed E-state index contributed by atoms with van der Waals surface area (Å²) in [5.74, 6) is 0.457. The van der Waals surface area contributed by atoms with Gasteiger partial charge in [0.15, 0.2) is 6.61 Å². The van der Waals surface area contributed by atoms with Crippen molar-refractivity contribution < 1.29 is 19.1 Å². The number of aliphatic carboxylic acids is 1. The van der Waals surface area contributed by atoms with Gasteiger partial charge in [-0.1, -0.05) is 24.6 Å². The topological polar surface area (TPSA) is 85.5 Å². The van der Waals surface area contributed by atoms with Crippen LogP contribution < -0.4 is 4.74 Å². The SMILES string of the molecule is CC(CC(=O)O)Cc1nnc(COc2cccc(Cl)c2)o1. The molecule has 0 bridgehead atoms. The highest BCUT2D eigenvalue weighted by atomic mass is 35.5. The number of carbonyl (C=O) groups is 1. The number of nitrogens with zero attached hydrogens (tertiary/aromatic N) is 2. The highest BCUT2D eigenvalue weighted by Crippen LogP contribution is 2.18. The maximum atomic E-state index is 10.6. The zero-order valence-corrected chi connectivity index (χ0v) is 12.2. The lowest BCUT2D eigenvalue weighted by atomic mass is 10.0. The van der Waals surface area contributed by atoms with E-state index < -0.39 is 5.97 Å². The normalized spacial score (nSPS) is 12.1. The molecule has 1 N–H and O–H groups in total. The molecule has 0 aliphatic carbocycles. The number of benzene rings is 1. The Bertz CT molecular complexity index is 615. The zero-order chi connectivity index (χ0) is 15.2. The van der Waals surface area contributed by atoms with Crippen molar-refractivity contribution in [2.45, 2.75) is 26.4 Å². The molecule has 0 amide bonds. The summed E-state index contributed by atoms with van der Waals surface area (Å²) in [6.07, 6.45) is 0.493. The maximum absolute atomic E-state index is 10.6. The smallest absolute Gasteiger partial charge is 0.303 e. The van der Waals surface area contributed by atoms with Crippen LogP contribution in [0.25, 0.3) is 0 Å². The van der Waals surface area contributed by atoms with Crippen molar-refractivity contribution in [3.05, 3.63) is 41.1 Å². The van der Waals surface area contributed by atoms with Crippen LogP contribution in [0.5, 0.6) is 5.75 Å². The van der Waals surface area contributed by atoms with Crippen LogP contribution in [-0.2, 0) is 17.8 Å². The molecule has 7 heteroatoms. The molecule has 1 aromatic carbocycles. The Morgan fingerprint density at radius 1 is 1.43 bits per heavy atom. The number of hydrogen-bond donors (Lipinski definition) is 1. The molecule has 0 radical (unpaired) electrons. The summed E-state index contributed by atoms with van der Waals surface area (Å²) in [6.45, 7) is 1.96. The number of halogens is 1. The Morgan fingerprint density at radius 3 is 2.90 bits per heavy atom. The maximum Gasteiger partial charge on any atom is 0.303 e. The summed E-state index contributed by atoms with van der Waals surface area (Å²) in [4.78, 5) is 10.6. The number of carboxylic acids is 1. The van der Waals surface area contributed by atoms with E-state index in [4.69, 9.17) is 25.9 Å². The van der Waals surface area contributed by atoms with Gasteiger partial charge in [0.25, 0.3) is 5.89 Å². The van der Waals surface area contributed by atoms with Crippen LogP contribution in [0.4, 0.5) is 0 Å². The van der Waals surface area contributed by atoms with Crippen LogP contribution in [0.2, 0.25) is 5.02 Å². The first-order chi connectivity index (χ1) is 10.0. The van der Waals surface area contributed by atoms with E-state index in [0.717, 1.165) is 0 Å². The Hall–Kier alpha value is -2.08. The molecule has 21 heavy (non-hydrogen) atoms. The van der Waals surface area contributed by atoms with Gasteiger partial charge < -0.3 is 14.3 Å². The molecule has 1 heterocycles. The molecule has 0 saturated carbocycles. The standard InChI is InChI=1S/C14H15ClN2O4/c1-9(6-14(18)19)5-12-16-17-13(21-12)8-20-11-4-2-3-10(15)7-11/h2-4,7,9H,5-6,8H2,1H3,(H,18,19). The van der Waals surface area contributed by atoms with Crippen LogP contribution in [-0.4, -0.2) is 21.3 Å². The molecule has 2 rings (SSSR count). The van der Waals surface area contributed by atoms with Crippen LogP contribution >= 0.6 is 11.6 Å². The molecule has 2 aromatic rings. The van der Waals surface area contributed by atoms with Gasteiger partial charge in [-0.3, -0.25) is 4.79 Å². The first-order valence-electron chi connectivity index (χ1n) is 6.44. The molecular weight excluding hydrogens is 296 g/mol. The second-order valence-corrected chi connectivity index (χ2v) is 5.18. The summed E-state index contributed by atoms with van der Waals surface area (Å²) in [6, 6.07) is 7.00. The fourth-order valence-corrected chi connectivity index (χ4v) is 1.98. The lowest BCUT2D eigenvalue weighted by molar-refractivity contribution is -0.137. The van der Waals surface area contributed by atoms with Gasteiger partial charge in [-0.25, -0.2) is 0 Å². The van der Waals surface area contributed by atoms with Crippen LogP contribution in [0, 0.1) is 5.92 Å². The number of hydrogen-bond acceptors (Lipinski definition) is 5. The average Bonchev–Trinajstić information content (AvgIpc) is 2.83. The zero-order valence-electron chi connectivity index (χ0n) is 11.5. The Morgan fingerprint density at radius 2 is 2.19 bits per heavy atom. The van der Waals surface area contributed by atoms with Crippen LogP contribution in [0.3, 0.4) is 0 Å². The van der Waals surface area contributed by atoms with Gasteiger partial charge in [-0.05, 0) is 24.1 Å². The average molecular weight is 311 g/mol. The Balaban J connectivity index is 1.87. The fraction of sp³-hybridized carbons (Fsp3) is 0.357. The predicted octanol–water partition coefficient (Wildman–Crippen LogP) is 2.96. The van der Waals surface area contributed by atoms with Gasteiger partial charge in [0, 0.05) is 17.9 Å². The molecule has 0 fully saturated rings. The van der Waals surface area contributed by atoms with Crippen molar-refractivity contribution in [1.82, 2.24) is 10.2 Å². The quantitative estimate of drug-likeness (QED) is 0.846. The summed E-state index contributed by atoms with van der Waals surface area (Å²) >= 11 is 5.85. The first-order valence-corrected chi connectivity index (χ1v) is 6.82. The van der Waals surface area contributed by atoms with E-state index in [1.165, 1.54) is 0 Å². The third-order valence-corrected chi connectivity index (χ3v) is 2.95. The lowest BCUT2D eigenvalue weighted by Gasteiger charge is -2.04. The molecule has 1 aromatic heterocycles. The summed E-state index contributed by atoms with van der Waals surface area (Å²) < 4.78 is 10.9. The second-order valence-electron chi connectivity index (χ2n) is 4.74. The molecule has 0 aliphatic rings. The number of ether oxygens (including phenoxy) is 1. The van der Waals surface area contributed by atoms with Crippen molar-refractivity contribution >= 4 is 17.6 Å². The van der Waals surface area contributed by atoms with Gasteiger partial charge >= 0.3 is 5.97 Å². The first kappa shape index (κ1) is 15.3. The van der Waals surface area contributed by atoms with E-state index in [0.29, 0.717) is 29.0 Å². The summed E-state index contributed by atoms with van der Waals surface area (Å²) in [7, 11) is 0. The molecule has 1 atom stereocenters. The minimum absolute atomic E-state index is 0.0651. The van der Waals surface area contributed by atoms with E-state index in [2.05, 4.69) is 10.2 Å². The third kappa shape index (κ3) is 5.07. The lowest BCUT2D eigenvalue weighted by Crippen LogP contribution is -2.07. The van der Waals surface area contributed by atoms with Crippen LogP contribution in [0.1, 0.15) is 25.1 Å². The van der Waals surface area contributed by atoms with Crippen molar-refractivity contribution in [3.8, 4) is 5.75 Å².